The number of fused-ring (bicyclic) bond motifs is 1. The van der Waals surface area contributed by atoms with Crippen LogP contribution < -0.4 is 5.32 Å². The van der Waals surface area contributed by atoms with Gasteiger partial charge in [-0.3, -0.25) is 14.4 Å². The van der Waals surface area contributed by atoms with Crippen LogP contribution in [-0.2, 0) is 24.4 Å². The molecule has 6 nitrogen and oxygen atoms in total. The molecule has 0 spiro atoms. The highest BCUT2D eigenvalue weighted by Gasteiger charge is 2.29. The zero-order chi connectivity index (χ0) is 15.6. The van der Waals surface area contributed by atoms with Crippen LogP contribution in [0.25, 0.3) is 0 Å². The first-order chi connectivity index (χ1) is 11.3. The molecule has 1 fully saturated rings. The minimum absolute atomic E-state index is 0.0788. The summed E-state index contributed by atoms with van der Waals surface area (Å²) in [7, 11) is 0. The van der Waals surface area contributed by atoms with E-state index in [1.807, 2.05) is 29.1 Å². The van der Waals surface area contributed by atoms with Crippen LogP contribution >= 0.6 is 0 Å². The van der Waals surface area contributed by atoms with Gasteiger partial charge in [0.1, 0.15) is 5.76 Å². The lowest BCUT2D eigenvalue weighted by Gasteiger charge is -2.22. The lowest BCUT2D eigenvalue weighted by atomic mass is 10.1. The van der Waals surface area contributed by atoms with Crippen LogP contribution in [-0.4, -0.2) is 33.7 Å². The van der Waals surface area contributed by atoms with Gasteiger partial charge in [-0.1, -0.05) is 0 Å². The van der Waals surface area contributed by atoms with Gasteiger partial charge in [0, 0.05) is 25.8 Å². The van der Waals surface area contributed by atoms with Crippen molar-refractivity contribution in [1.82, 2.24) is 20.0 Å². The number of rotatable bonds is 5. The molecule has 4 rings (SSSR count). The molecule has 2 aromatic rings. The molecule has 122 valence electrons. The Balaban J connectivity index is 1.47. The minimum atomic E-state index is -0.0788. The summed E-state index contributed by atoms with van der Waals surface area (Å²) in [5, 5.41) is 7.49. The van der Waals surface area contributed by atoms with Crippen molar-refractivity contribution < 1.29 is 9.21 Å². The van der Waals surface area contributed by atoms with Crippen molar-refractivity contribution in [3.8, 4) is 0 Å². The van der Waals surface area contributed by atoms with E-state index in [1.165, 1.54) is 12.8 Å². The number of hydrogen-bond acceptors (Lipinski definition) is 4. The zero-order valence-corrected chi connectivity index (χ0v) is 13.1. The standard InChI is InChI=1S/C17H22N4O2/c22-17(18-8-13-3-4-13)14-9-20(12-16-2-1-7-23-16)11-15-5-6-19-21(15)10-14/h1-2,5-7,13-14H,3-4,8-12H2,(H,18,22)/t14-/m1/s1. The van der Waals surface area contributed by atoms with E-state index in [-0.39, 0.29) is 11.8 Å². The highest BCUT2D eigenvalue weighted by Crippen LogP contribution is 2.27. The maximum Gasteiger partial charge on any atom is 0.226 e. The molecule has 2 aliphatic rings. The van der Waals surface area contributed by atoms with E-state index in [2.05, 4.69) is 15.3 Å². The summed E-state index contributed by atoms with van der Waals surface area (Å²) < 4.78 is 7.43. The van der Waals surface area contributed by atoms with Crippen molar-refractivity contribution in [1.29, 1.82) is 0 Å². The number of nitrogens with zero attached hydrogens (tertiary/aromatic N) is 3. The highest BCUT2D eigenvalue weighted by atomic mass is 16.3. The first-order valence-electron chi connectivity index (χ1n) is 8.31. The van der Waals surface area contributed by atoms with Gasteiger partial charge in [-0.15, -0.1) is 0 Å². The predicted octanol–water partition coefficient (Wildman–Crippen LogP) is 1.63. The van der Waals surface area contributed by atoms with Crippen molar-refractivity contribution in [2.24, 2.45) is 11.8 Å². The fourth-order valence-electron chi connectivity index (χ4n) is 3.15. The van der Waals surface area contributed by atoms with Gasteiger partial charge in [-0.2, -0.15) is 5.10 Å². The average Bonchev–Trinajstić information content (AvgIpc) is 3.12. The molecule has 0 aromatic carbocycles. The molecule has 1 aliphatic heterocycles. The molecular formula is C17H22N4O2. The monoisotopic (exact) mass is 314 g/mol. The maximum absolute atomic E-state index is 12.6. The Morgan fingerprint density at radius 1 is 1.35 bits per heavy atom. The molecular weight excluding hydrogens is 292 g/mol. The average molecular weight is 314 g/mol. The topological polar surface area (TPSA) is 63.3 Å². The Morgan fingerprint density at radius 3 is 3.04 bits per heavy atom. The number of carbonyl (C=O) groups excluding carboxylic acids is 1. The van der Waals surface area contributed by atoms with Gasteiger partial charge in [0.25, 0.3) is 0 Å². The van der Waals surface area contributed by atoms with Crippen molar-refractivity contribution >= 4 is 5.91 Å². The highest BCUT2D eigenvalue weighted by molar-refractivity contribution is 5.78. The molecule has 1 N–H and O–H groups in total. The molecule has 2 aromatic heterocycles. The van der Waals surface area contributed by atoms with E-state index in [1.54, 1.807) is 6.26 Å². The van der Waals surface area contributed by atoms with E-state index in [9.17, 15) is 4.79 Å². The quantitative estimate of drug-likeness (QED) is 0.911. The van der Waals surface area contributed by atoms with E-state index < -0.39 is 0 Å². The lowest BCUT2D eigenvalue weighted by Crippen LogP contribution is -2.39. The molecule has 6 heteroatoms. The van der Waals surface area contributed by atoms with Gasteiger partial charge in [0.05, 0.1) is 31.0 Å². The van der Waals surface area contributed by atoms with Crippen LogP contribution in [0.3, 0.4) is 0 Å². The lowest BCUT2D eigenvalue weighted by molar-refractivity contribution is -0.126. The zero-order valence-electron chi connectivity index (χ0n) is 13.1. The number of nitrogens with one attached hydrogen (secondary N) is 1. The molecule has 0 unspecified atom stereocenters. The van der Waals surface area contributed by atoms with Crippen LogP contribution in [0.2, 0.25) is 0 Å². The molecule has 0 radical (unpaired) electrons. The number of aromatic nitrogens is 2. The first-order valence-corrected chi connectivity index (χ1v) is 8.31. The SMILES string of the molecule is O=C(NCC1CC1)[C@@H]1CN(Cc2ccco2)Cc2ccnn2C1. The second-order valence-electron chi connectivity index (χ2n) is 6.64. The summed E-state index contributed by atoms with van der Waals surface area (Å²) in [4.78, 5) is 14.8. The fraction of sp³-hybridized carbons (Fsp3) is 0.529. The van der Waals surface area contributed by atoms with Crippen LogP contribution in [0.15, 0.2) is 35.1 Å². The minimum Gasteiger partial charge on any atom is -0.468 e. The normalized spacial score (nSPS) is 21.7. The summed E-state index contributed by atoms with van der Waals surface area (Å²) in [5.74, 6) is 1.69. The summed E-state index contributed by atoms with van der Waals surface area (Å²) in [6.45, 7) is 3.69. The summed E-state index contributed by atoms with van der Waals surface area (Å²) in [6, 6.07) is 5.90. The Labute approximate surface area is 135 Å². The molecule has 1 aliphatic carbocycles. The Bertz CT molecular complexity index is 660. The van der Waals surface area contributed by atoms with Crippen molar-refractivity contribution in [3.63, 3.8) is 0 Å². The predicted molar refractivity (Wildman–Crippen MR) is 84.3 cm³/mol. The maximum atomic E-state index is 12.6. The van der Waals surface area contributed by atoms with Crippen LogP contribution in [0.1, 0.15) is 24.3 Å². The summed E-state index contributed by atoms with van der Waals surface area (Å²) in [5.41, 5.74) is 1.15. The second-order valence-corrected chi connectivity index (χ2v) is 6.64. The van der Waals surface area contributed by atoms with Gasteiger partial charge in [-0.05, 0) is 37.0 Å². The molecule has 23 heavy (non-hydrogen) atoms. The van der Waals surface area contributed by atoms with Gasteiger partial charge >= 0.3 is 0 Å². The number of amides is 1. The van der Waals surface area contributed by atoms with Crippen molar-refractivity contribution in [2.75, 3.05) is 13.1 Å². The van der Waals surface area contributed by atoms with Crippen molar-refractivity contribution in [2.45, 2.75) is 32.5 Å². The number of furan rings is 1. The Kier molecular flexibility index (Phi) is 3.91. The Morgan fingerprint density at radius 2 is 2.26 bits per heavy atom. The van der Waals surface area contributed by atoms with Crippen LogP contribution in [0, 0.1) is 11.8 Å². The fourth-order valence-corrected chi connectivity index (χ4v) is 3.15. The van der Waals surface area contributed by atoms with E-state index >= 15 is 0 Å². The van der Waals surface area contributed by atoms with Gasteiger partial charge in [-0.25, -0.2) is 0 Å². The summed E-state index contributed by atoms with van der Waals surface area (Å²) >= 11 is 0. The van der Waals surface area contributed by atoms with Crippen molar-refractivity contribution in [3.05, 3.63) is 42.1 Å². The van der Waals surface area contributed by atoms with Gasteiger partial charge in [0.2, 0.25) is 5.91 Å². The molecule has 0 bridgehead atoms. The van der Waals surface area contributed by atoms with E-state index in [0.29, 0.717) is 19.0 Å². The van der Waals surface area contributed by atoms with E-state index in [4.69, 9.17) is 4.42 Å². The number of carbonyl (C=O) groups is 1. The number of hydrogen-bond donors (Lipinski definition) is 1. The third-order valence-electron chi connectivity index (χ3n) is 4.65. The third kappa shape index (κ3) is 3.47. The smallest absolute Gasteiger partial charge is 0.226 e. The molecule has 0 saturated heterocycles. The largest absolute Gasteiger partial charge is 0.468 e. The molecule has 1 atom stereocenters. The van der Waals surface area contributed by atoms with Crippen LogP contribution in [0.5, 0.6) is 0 Å². The molecule has 3 heterocycles. The van der Waals surface area contributed by atoms with Crippen LogP contribution in [0.4, 0.5) is 0 Å². The molecule has 1 amide bonds. The van der Waals surface area contributed by atoms with E-state index in [0.717, 1.165) is 31.1 Å². The first kappa shape index (κ1) is 14.5. The van der Waals surface area contributed by atoms with Gasteiger partial charge in [0.15, 0.2) is 0 Å². The molecule has 1 saturated carbocycles. The summed E-state index contributed by atoms with van der Waals surface area (Å²) in [6.07, 6.45) is 6.00. The van der Waals surface area contributed by atoms with Gasteiger partial charge < -0.3 is 9.73 Å². The third-order valence-corrected chi connectivity index (χ3v) is 4.65. The second kappa shape index (κ2) is 6.20. The Hall–Kier alpha value is -2.08.